The van der Waals surface area contributed by atoms with Gasteiger partial charge in [0.1, 0.15) is 12.1 Å². The Morgan fingerprint density at radius 1 is 0.927 bits per heavy atom. The van der Waals surface area contributed by atoms with Crippen LogP contribution < -0.4 is 10.6 Å². The molecule has 0 fully saturated rings. The van der Waals surface area contributed by atoms with Gasteiger partial charge in [-0.15, -0.1) is 0 Å². The Morgan fingerprint density at radius 3 is 2.33 bits per heavy atom. The van der Waals surface area contributed by atoms with Crippen LogP contribution in [0.4, 0.5) is 0 Å². The number of carbonyl (C=O) groups excluding carboxylic acids is 3. The number of esters is 1. The van der Waals surface area contributed by atoms with E-state index in [1.54, 1.807) is 21.1 Å². The molecule has 6 atom stereocenters. The maximum atomic E-state index is 13.5. The summed E-state index contributed by atoms with van der Waals surface area (Å²) in [7, 11) is 3.44. The number of methoxy groups -OCH3 is 2. The minimum Gasteiger partial charge on any atom is -0.454 e. The Labute approximate surface area is 330 Å². The third kappa shape index (κ3) is 18.9. The first-order valence-corrected chi connectivity index (χ1v) is 19.2. The summed E-state index contributed by atoms with van der Waals surface area (Å²) in [5.41, 5.74) is 5.50. The first kappa shape index (κ1) is 46.4. The highest BCUT2D eigenvalue weighted by Crippen LogP contribution is 2.21. The van der Waals surface area contributed by atoms with Gasteiger partial charge in [0.05, 0.1) is 12.2 Å². The molecule has 0 saturated heterocycles. The van der Waals surface area contributed by atoms with Gasteiger partial charge >= 0.3 is 5.97 Å². The molecule has 1 aliphatic rings. The minimum absolute atomic E-state index is 0.00351. The van der Waals surface area contributed by atoms with Crippen LogP contribution in [0.1, 0.15) is 73.3 Å². The Morgan fingerprint density at radius 2 is 1.64 bits per heavy atom. The third-order valence-corrected chi connectivity index (χ3v) is 9.27. The van der Waals surface area contributed by atoms with E-state index in [2.05, 4.69) is 54.0 Å². The van der Waals surface area contributed by atoms with Crippen LogP contribution in [-0.4, -0.2) is 63.4 Å². The number of hydrogen-bond donors (Lipinski definition) is 2. The van der Waals surface area contributed by atoms with Crippen LogP contribution >= 0.6 is 0 Å². The summed E-state index contributed by atoms with van der Waals surface area (Å²) in [6.45, 7) is 14.1. The Hall–Kier alpha value is -4.79. The SMILES string of the molecule is CO[C@@H]1/C=C(C)/C=C/[C@@H](C)/C=C(\C)C(=O)O[C@H](/C(C)=C/C=C(\C)CNC(=O)[C@H](Cc2ccccc2)NC=O)[C@@H](C)/C=C/C=C/[C@@H](OC)CC/C=C(C)\C=C\C1. The average molecular weight is 753 g/mol. The van der Waals surface area contributed by atoms with Crippen LogP contribution in [0.25, 0.3) is 0 Å². The molecule has 55 heavy (non-hydrogen) atoms. The number of ether oxygens (including phenoxy) is 3. The Kier molecular flexibility index (Phi) is 22.0. The van der Waals surface area contributed by atoms with Crippen LogP contribution in [-0.2, 0) is 35.0 Å². The van der Waals surface area contributed by atoms with Crippen molar-refractivity contribution in [2.45, 2.75) is 98.5 Å². The number of nitrogens with one attached hydrogen (secondary N) is 2. The van der Waals surface area contributed by atoms with E-state index < -0.39 is 12.1 Å². The fourth-order valence-electron chi connectivity index (χ4n) is 5.91. The minimum atomic E-state index is -0.689. The van der Waals surface area contributed by atoms with E-state index in [9.17, 15) is 14.4 Å². The summed E-state index contributed by atoms with van der Waals surface area (Å²) in [5.74, 6) is -0.809. The molecule has 8 heteroatoms. The predicted molar refractivity (Wildman–Crippen MR) is 225 cm³/mol. The highest BCUT2D eigenvalue weighted by atomic mass is 16.5. The lowest BCUT2D eigenvalue weighted by molar-refractivity contribution is -0.144. The maximum Gasteiger partial charge on any atom is 0.334 e. The summed E-state index contributed by atoms with van der Waals surface area (Å²) in [5, 5.41) is 5.56. The maximum absolute atomic E-state index is 13.5. The van der Waals surface area contributed by atoms with Crippen LogP contribution in [0.15, 0.2) is 137 Å². The fraction of sp³-hybridized carbons (Fsp3) is 0.426. The summed E-state index contributed by atoms with van der Waals surface area (Å²) in [6, 6.07) is 8.86. The summed E-state index contributed by atoms with van der Waals surface area (Å²) in [4.78, 5) is 37.7. The van der Waals surface area contributed by atoms with Crippen LogP contribution in [0, 0.1) is 11.8 Å². The Balaban J connectivity index is 2.34. The molecule has 1 aliphatic heterocycles. The monoisotopic (exact) mass is 752 g/mol. The second-order valence-corrected chi connectivity index (χ2v) is 14.3. The Bertz CT molecular complexity index is 1640. The van der Waals surface area contributed by atoms with Crippen molar-refractivity contribution < 1.29 is 28.6 Å². The molecule has 0 aliphatic carbocycles. The van der Waals surface area contributed by atoms with Gasteiger partial charge in [-0.2, -0.15) is 0 Å². The zero-order valence-corrected chi connectivity index (χ0v) is 34.4. The van der Waals surface area contributed by atoms with Gasteiger partial charge in [-0.25, -0.2) is 4.79 Å². The summed E-state index contributed by atoms with van der Waals surface area (Å²) >= 11 is 0. The molecule has 0 aromatic heterocycles. The van der Waals surface area contributed by atoms with Gasteiger partial charge in [0.2, 0.25) is 12.3 Å². The van der Waals surface area contributed by atoms with Crippen LogP contribution in [0.3, 0.4) is 0 Å². The largest absolute Gasteiger partial charge is 0.454 e. The molecular formula is C47H64N2O6. The van der Waals surface area contributed by atoms with E-state index in [1.807, 2.05) is 107 Å². The first-order valence-electron chi connectivity index (χ1n) is 19.2. The van der Waals surface area contributed by atoms with E-state index in [4.69, 9.17) is 14.2 Å². The van der Waals surface area contributed by atoms with E-state index in [1.165, 1.54) is 5.57 Å². The van der Waals surface area contributed by atoms with Gasteiger partial charge in [-0.05, 0) is 70.9 Å². The number of hydrogen-bond acceptors (Lipinski definition) is 6. The fourth-order valence-corrected chi connectivity index (χ4v) is 5.91. The zero-order chi connectivity index (χ0) is 40.6. The van der Waals surface area contributed by atoms with E-state index in [-0.39, 0.29) is 35.9 Å². The molecule has 1 aromatic carbocycles. The third-order valence-electron chi connectivity index (χ3n) is 9.27. The quantitative estimate of drug-likeness (QED) is 0.133. The lowest BCUT2D eigenvalue weighted by Gasteiger charge is -2.23. The summed E-state index contributed by atoms with van der Waals surface area (Å²) < 4.78 is 17.6. The lowest BCUT2D eigenvalue weighted by atomic mass is 9.96. The van der Waals surface area contributed by atoms with Crippen molar-refractivity contribution in [1.82, 2.24) is 10.6 Å². The zero-order valence-electron chi connectivity index (χ0n) is 34.4. The standard InChI is InChI=1S/C47H64N2O6/c1-34-17-15-23-42(53-8)22-14-13-19-38(5)45(55-47(52)40(7)29-35(2)25-26-36(3)30-43(54-9)24-16-18-34)39(6)28-27-37(4)32-48-46(51)44(49-33-50)31-41-20-11-10-12-21-41/h10-14,16-22,25-30,33,35,38,42-45H,15,23-24,31-32H2,1-9H3,(H,48,51)(H,49,50)/b18-16+,19-13+,22-14+,26-25+,34-17-,36-30+,37-27+,39-28+,40-29+/t35-,38+,42-,43+,44+,45+/m1/s1. The van der Waals surface area contributed by atoms with Gasteiger partial charge < -0.3 is 24.8 Å². The number of carbonyl (C=O) groups is 3. The smallest absolute Gasteiger partial charge is 0.334 e. The van der Waals surface area contributed by atoms with Crippen LogP contribution in [0.5, 0.6) is 0 Å². The van der Waals surface area contributed by atoms with Gasteiger partial charge in [0.25, 0.3) is 0 Å². The second kappa shape index (κ2) is 26.1. The van der Waals surface area contributed by atoms with Gasteiger partial charge in [0, 0.05) is 38.7 Å². The van der Waals surface area contributed by atoms with Crippen molar-refractivity contribution in [2.75, 3.05) is 20.8 Å². The molecule has 0 saturated carbocycles. The molecule has 0 unspecified atom stereocenters. The van der Waals surface area contributed by atoms with Crippen molar-refractivity contribution in [3.8, 4) is 0 Å². The molecule has 2 N–H and O–H groups in total. The molecule has 298 valence electrons. The van der Waals surface area contributed by atoms with Crippen molar-refractivity contribution in [2.24, 2.45) is 11.8 Å². The van der Waals surface area contributed by atoms with E-state index in [0.29, 0.717) is 24.9 Å². The topological polar surface area (TPSA) is 103 Å². The number of cyclic esters (lactones) is 1. The van der Waals surface area contributed by atoms with E-state index in [0.717, 1.165) is 41.5 Å². The number of amides is 2. The van der Waals surface area contributed by atoms with Crippen molar-refractivity contribution in [1.29, 1.82) is 0 Å². The molecule has 0 bridgehead atoms. The molecule has 2 rings (SSSR count). The van der Waals surface area contributed by atoms with Crippen molar-refractivity contribution >= 4 is 18.3 Å². The molecule has 1 heterocycles. The molecule has 0 spiro atoms. The number of benzene rings is 1. The molecule has 2 amide bonds. The van der Waals surface area contributed by atoms with Gasteiger partial charge in [-0.1, -0.05) is 140 Å². The van der Waals surface area contributed by atoms with Crippen molar-refractivity contribution in [3.63, 3.8) is 0 Å². The average Bonchev–Trinajstić information content (AvgIpc) is 3.17. The van der Waals surface area contributed by atoms with E-state index >= 15 is 0 Å². The second-order valence-electron chi connectivity index (χ2n) is 14.3. The molecule has 8 nitrogen and oxygen atoms in total. The van der Waals surface area contributed by atoms with Crippen LogP contribution in [0.2, 0.25) is 0 Å². The lowest BCUT2D eigenvalue weighted by Crippen LogP contribution is -2.45. The summed E-state index contributed by atoms with van der Waals surface area (Å²) in [6.07, 6.45) is 29.3. The highest BCUT2D eigenvalue weighted by Gasteiger charge is 2.23. The van der Waals surface area contributed by atoms with Crippen molar-refractivity contribution in [3.05, 3.63) is 143 Å². The predicted octanol–water partition coefficient (Wildman–Crippen LogP) is 8.81. The molecule has 1 aromatic rings. The molecular weight excluding hydrogens is 689 g/mol. The normalized spacial score (nSPS) is 28.6. The first-order chi connectivity index (χ1) is 26.4. The number of rotatable bonds is 11. The molecule has 0 radical (unpaired) electrons. The number of allylic oxidation sites excluding steroid dienone is 11. The van der Waals surface area contributed by atoms with Gasteiger partial charge in [-0.3, -0.25) is 9.59 Å². The highest BCUT2D eigenvalue weighted by molar-refractivity contribution is 5.88. The van der Waals surface area contributed by atoms with Gasteiger partial charge in [0.15, 0.2) is 0 Å².